The van der Waals surface area contributed by atoms with Crippen molar-refractivity contribution in [3.05, 3.63) is 75.8 Å². The fourth-order valence-electron chi connectivity index (χ4n) is 2.92. The molecule has 0 aliphatic heterocycles. The molecular weight excluding hydrogens is 326 g/mol. The molecule has 0 bridgehead atoms. The van der Waals surface area contributed by atoms with E-state index in [2.05, 4.69) is 9.97 Å². The first kappa shape index (κ1) is 17.9. The van der Waals surface area contributed by atoms with Gasteiger partial charge in [0.2, 0.25) is 0 Å². The van der Waals surface area contributed by atoms with Gasteiger partial charge in [0.25, 0.3) is 11.5 Å². The number of hydrogen-bond acceptors (Lipinski definition) is 3. The second-order valence-electron chi connectivity index (χ2n) is 7.52. The summed E-state index contributed by atoms with van der Waals surface area (Å²) in [5.41, 5.74) is 2.38. The van der Waals surface area contributed by atoms with Crippen LogP contribution in [0.2, 0.25) is 0 Å². The normalized spacial score (nSPS) is 11.5. The molecule has 3 rings (SSSR count). The molecule has 0 aliphatic rings. The summed E-state index contributed by atoms with van der Waals surface area (Å²) in [6, 6.07) is 11.2. The number of aromatic nitrogens is 2. The van der Waals surface area contributed by atoms with Gasteiger partial charge in [0.05, 0.1) is 12.1 Å². The van der Waals surface area contributed by atoms with Crippen LogP contribution in [0.25, 0.3) is 10.9 Å². The van der Waals surface area contributed by atoms with Crippen LogP contribution in [0.3, 0.4) is 0 Å². The second kappa shape index (κ2) is 6.75. The number of benzene rings is 1. The third kappa shape index (κ3) is 3.67. The molecule has 0 fully saturated rings. The van der Waals surface area contributed by atoms with Crippen LogP contribution < -0.4 is 5.56 Å². The highest BCUT2D eigenvalue weighted by atomic mass is 16.2. The maximum atomic E-state index is 13.0. The fraction of sp³-hybridized carbons (Fsp3) is 0.286. The van der Waals surface area contributed by atoms with Gasteiger partial charge in [0.1, 0.15) is 0 Å². The van der Waals surface area contributed by atoms with Crippen LogP contribution in [0.15, 0.2) is 53.6 Å². The summed E-state index contributed by atoms with van der Waals surface area (Å²) in [5, 5.41) is 0.960. The SMILES string of the molecule is Cc1ccc2[nH]c(=O)c(CN(C(=O)c3cccnc3)C(C)(C)C)cc2c1. The number of pyridine rings is 2. The lowest BCUT2D eigenvalue weighted by Crippen LogP contribution is -2.46. The van der Waals surface area contributed by atoms with Gasteiger partial charge in [0.15, 0.2) is 0 Å². The number of fused-ring (bicyclic) bond motifs is 1. The van der Waals surface area contributed by atoms with Crippen molar-refractivity contribution in [2.45, 2.75) is 39.8 Å². The van der Waals surface area contributed by atoms with E-state index in [1.165, 1.54) is 0 Å². The number of aryl methyl sites for hydroxylation is 1. The van der Waals surface area contributed by atoms with Crippen LogP contribution in [0.1, 0.15) is 42.3 Å². The first-order valence-corrected chi connectivity index (χ1v) is 8.60. The van der Waals surface area contributed by atoms with Crippen molar-refractivity contribution in [2.75, 3.05) is 0 Å². The van der Waals surface area contributed by atoms with Gasteiger partial charge in [-0.05, 0) is 63.4 Å². The molecule has 0 unspecified atom stereocenters. The molecule has 0 atom stereocenters. The van der Waals surface area contributed by atoms with Gasteiger partial charge < -0.3 is 9.88 Å². The number of nitrogens with zero attached hydrogens (tertiary/aromatic N) is 2. The Labute approximate surface area is 152 Å². The van der Waals surface area contributed by atoms with Crippen LogP contribution in [0.5, 0.6) is 0 Å². The molecule has 3 aromatic rings. The Kier molecular flexibility index (Phi) is 4.64. The van der Waals surface area contributed by atoms with Crippen LogP contribution >= 0.6 is 0 Å². The Bertz CT molecular complexity index is 1000. The average molecular weight is 349 g/mol. The monoisotopic (exact) mass is 349 g/mol. The molecule has 1 aromatic carbocycles. The summed E-state index contributed by atoms with van der Waals surface area (Å²) in [7, 11) is 0. The minimum absolute atomic E-state index is 0.144. The Balaban J connectivity index is 2.02. The zero-order valence-electron chi connectivity index (χ0n) is 15.5. The third-order valence-corrected chi connectivity index (χ3v) is 4.37. The Morgan fingerprint density at radius 2 is 1.96 bits per heavy atom. The first-order chi connectivity index (χ1) is 12.3. The fourth-order valence-corrected chi connectivity index (χ4v) is 2.92. The third-order valence-electron chi connectivity index (χ3n) is 4.37. The van der Waals surface area contributed by atoms with Crippen LogP contribution in [0, 0.1) is 6.92 Å². The maximum Gasteiger partial charge on any atom is 0.256 e. The van der Waals surface area contributed by atoms with Crippen molar-refractivity contribution < 1.29 is 4.79 Å². The summed E-state index contributed by atoms with van der Waals surface area (Å²) in [6.45, 7) is 8.12. The molecule has 0 saturated carbocycles. The molecule has 1 N–H and O–H groups in total. The van der Waals surface area contributed by atoms with Gasteiger partial charge in [-0.25, -0.2) is 0 Å². The van der Waals surface area contributed by atoms with Gasteiger partial charge in [-0.1, -0.05) is 11.6 Å². The largest absolute Gasteiger partial charge is 0.329 e. The number of carbonyl (C=O) groups is 1. The minimum Gasteiger partial charge on any atom is -0.329 e. The number of H-pyrrole nitrogens is 1. The van der Waals surface area contributed by atoms with E-state index in [9.17, 15) is 9.59 Å². The first-order valence-electron chi connectivity index (χ1n) is 8.60. The smallest absolute Gasteiger partial charge is 0.256 e. The van der Waals surface area contributed by atoms with Crippen molar-refractivity contribution >= 4 is 16.8 Å². The Morgan fingerprint density at radius 3 is 2.62 bits per heavy atom. The van der Waals surface area contributed by atoms with Crippen molar-refractivity contribution in [2.24, 2.45) is 0 Å². The van der Waals surface area contributed by atoms with Gasteiger partial charge in [-0.3, -0.25) is 14.6 Å². The standard InChI is InChI=1S/C21H23N3O2/c1-14-7-8-18-16(10-14)11-17(19(25)23-18)13-24(21(2,3)4)20(26)15-6-5-9-22-12-15/h5-12H,13H2,1-4H3,(H,23,25). The van der Waals surface area contributed by atoms with E-state index in [-0.39, 0.29) is 18.0 Å². The maximum absolute atomic E-state index is 13.0. The van der Waals surface area contributed by atoms with E-state index < -0.39 is 5.54 Å². The number of amides is 1. The second-order valence-corrected chi connectivity index (χ2v) is 7.52. The molecule has 134 valence electrons. The van der Waals surface area contributed by atoms with E-state index in [0.29, 0.717) is 11.1 Å². The van der Waals surface area contributed by atoms with Crippen LogP contribution in [-0.4, -0.2) is 26.3 Å². The summed E-state index contributed by atoms with van der Waals surface area (Å²) in [5.74, 6) is -0.144. The number of aromatic amines is 1. The van der Waals surface area contributed by atoms with Crippen molar-refractivity contribution in [3.63, 3.8) is 0 Å². The summed E-state index contributed by atoms with van der Waals surface area (Å²) in [4.78, 5) is 34.2. The number of hydrogen-bond donors (Lipinski definition) is 1. The molecule has 2 aromatic heterocycles. The lowest BCUT2D eigenvalue weighted by Gasteiger charge is -2.35. The van der Waals surface area contributed by atoms with Crippen molar-refractivity contribution in [3.8, 4) is 0 Å². The van der Waals surface area contributed by atoms with E-state index in [0.717, 1.165) is 16.5 Å². The molecule has 0 radical (unpaired) electrons. The van der Waals surface area contributed by atoms with Crippen LogP contribution in [-0.2, 0) is 6.54 Å². The average Bonchev–Trinajstić information content (AvgIpc) is 2.59. The van der Waals surface area contributed by atoms with E-state index in [1.54, 1.807) is 29.4 Å². The van der Waals surface area contributed by atoms with E-state index in [4.69, 9.17) is 0 Å². The number of rotatable bonds is 3. The topological polar surface area (TPSA) is 66.1 Å². The predicted molar refractivity (Wildman–Crippen MR) is 103 cm³/mol. The molecule has 1 amide bonds. The van der Waals surface area contributed by atoms with Crippen molar-refractivity contribution in [1.82, 2.24) is 14.9 Å². The van der Waals surface area contributed by atoms with E-state index in [1.807, 2.05) is 52.0 Å². The van der Waals surface area contributed by atoms with Crippen molar-refractivity contribution in [1.29, 1.82) is 0 Å². The highest BCUT2D eigenvalue weighted by Gasteiger charge is 2.28. The molecular formula is C21H23N3O2. The minimum atomic E-state index is -0.444. The van der Waals surface area contributed by atoms with E-state index >= 15 is 0 Å². The molecule has 5 heteroatoms. The highest BCUT2D eigenvalue weighted by Crippen LogP contribution is 2.21. The lowest BCUT2D eigenvalue weighted by atomic mass is 10.0. The van der Waals surface area contributed by atoms with Gasteiger partial charge >= 0.3 is 0 Å². The summed E-state index contributed by atoms with van der Waals surface area (Å²) >= 11 is 0. The summed E-state index contributed by atoms with van der Waals surface area (Å²) in [6.07, 6.45) is 3.18. The highest BCUT2D eigenvalue weighted by molar-refractivity contribution is 5.94. The van der Waals surface area contributed by atoms with Gasteiger partial charge in [-0.15, -0.1) is 0 Å². The number of nitrogens with one attached hydrogen (secondary N) is 1. The van der Waals surface area contributed by atoms with Gasteiger partial charge in [0, 0.05) is 29.0 Å². The molecule has 0 saturated heterocycles. The quantitative estimate of drug-likeness (QED) is 0.784. The number of carbonyl (C=O) groups excluding carboxylic acids is 1. The zero-order chi connectivity index (χ0) is 18.9. The molecule has 2 heterocycles. The molecule has 0 spiro atoms. The Morgan fingerprint density at radius 1 is 1.19 bits per heavy atom. The Hall–Kier alpha value is -2.95. The summed E-state index contributed by atoms with van der Waals surface area (Å²) < 4.78 is 0. The lowest BCUT2D eigenvalue weighted by molar-refractivity contribution is 0.0557. The molecule has 5 nitrogen and oxygen atoms in total. The molecule has 26 heavy (non-hydrogen) atoms. The van der Waals surface area contributed by atoms with Gasteiger partial charge in [-0.2, -0.15) is 0 Å². The van der Waals surface area contributed by atoms with Crippen LogP contribution in [0.4, 0.5) is 0 Å². The molecule has 0 aliphatic carbocycles. The predicted octanol–water partition coefficient (Wildman–Crippen LogP) is 3.67. The zero-order valence-corrected chi connectivity index (χ0v) is 15.5.